The van der Waals surface area contributed by atoms with Crippen molar-refractivity contribution in [3.63, 3.8) is 0 Å². The number of nitrogens with zero attached hydrogens (tertiary/aromatic N) is 2. The number of halogens is 1. The number of carbonyl (C=O) groups is 1. The first-order chi connectivity index (χ1) is 11.5. The molecule has 0 aliphatic heterocycles. The SMILES string of the molecule is CC(C)CNC(=O)Cn1ccc2ncc(-c3ccc(F)cc3)cc21. The fourth-order valence-corrected chi connectivity index (χ4v) is 2.53. The Kier molecular flexibility index (Phi) is 4.60. The van der Waals surface area contributed by atoms with E-state index < -0.39 is 0 Å². The average molecular weight is 325 g/mol. The van der Waals surface area contributed by atoms with Crippen LogP contribution < -0.4 is 5.32 Å². The molecule has 0 radical (unpaired) electrons. The van der Waals surface area contributed by atoms with Crippen molar-refractivity contribution in [2.24, 2.45) is 5.92 Å². The molecule has 3 rings (SSSR count). The lowest BCUT2D eigenvalue weighted by Crippen LogP contribution is -2.30. The van der Waals surface area contributed by atoms with E-state index in [1.807, 2.05) is 22.9 Å². The smallest absolute Gasteiger partial charge is 0.239 e. The highest BCUT2D eigenvalue weighted by Gasteiger charge is 2.09. The molecule has 4 nitrogen and oxygen atoms in total. The molecule has 1 aromatic carbocycles. The van der Waals surface area contributed by atoms with Crippen molar-refractivity contribution < 1.29 is 9.18 Å². The lowest BCUT2D eigenvalue weighted by Gasteiger charge is -2.09. The number of pyridine rings is 1. The van der Waals surface area contributed by atoms with E-state index in [-0.39, 0.29) is 18.3 Å². The molecule has 24 heavy (non-hydrogen) atoms. The number of amides is 1. The van der Waals surface area contributed by atoms with Crippen molar-refractivity contribution in [2.45, 2.75) is 20.4 Å². The lowest BCUT2D eigenvalue weighted by atomic mass is 10.1. The Morgan fingerprint density at radius 2 is 1.96 bits per heavy atom. The molecule has 0 fully saturated rings. The number of benzene rings is 1. The second-order valence-corrected chi connectivity index (χ2v) is 6.28. The minimum atomic E-state index is -0.266. The molecule has 0 aliphatic carbocycles. The molecule has 0 aliphatic rings. The van der Waals surface area contributed by atoms with E-state index in [0.29, 0.717) is 12.5 Å². The largest absolute Gasteiger partial charge is 0.354 e. The number of rotatable bonds is 5. The van der Waals surface area contributed by atoms with Gasteiger partial charge in [-0.25, -0.2) is 4.39 Å². The molecule has 2 heterocycles. The first-order valence-electron chi connectivity index (χ1n) is 8.00. The van der Waals surface area contributed by atoms with Crippen LogP contribution in [0.4, 0.5) is 4.39 Å². The van der Waals surface area contributed by atoms with Gasteiger partial charge < -0.3 is 9.88 Å². The Balaban J connectivity index is 1.86. The van der Waals surface area contributed by atoms with E-state index in [0.717, 1.165) is 22.2 Å². The molecule has 0 atom stereocenters. The van der Waals surface area contributed by atoms with Gasteiger partial charge in [0.1, 0.15) is 12.4 Å². The Morgan fingerprint density at radius 1 is 1.21 bits per heavy atom. The van der Waals surface area contributed by atoms with E-state index in [9.17, 15) is 9.18 Å². The maximum absolute atomic E-state index is 13.1. The topological polar surface area (TPSA) is 46.9 Å². The summed E-state index contributed by atoms with van der Waals surface area (Å²) in [6.07, 6.45) is 3.62. The molecule has 124 valence electrons. The first kappa shape index (κ1) is 16.2. The van der Waals surface area contributed by atoms with Crippen molar-refractivity contribution in [1.29, 1.82) is 0 Å². The quantitative estimate of drug-likeness (QED) is 0.779. The van der Waals surface area contributed by atoms with Crippen LogP contribution in [0, 0.1) is 11.7 Å². The van der Waals surface area contributed by atoms with Gasteiger partial charge in [0.25, 0.3) is 0 Å². The summed E-state index contributed by atoms with van der Waals surface area (Å²) in [6, 6.07) is 10.2. The van der Waals surface area contributed by atoms with E-state index in [2.05, 4.69) is 24.1 Å². The molecule has 5 heteroatoms. The van der Waals surface area contributed by atoms with Gasteiger partial charge >= 0.3 is 0 Å². The molecule has 0 spiro atoms. The fraction of sp³-hybridized carbons (Fsp3) is 0.263. The van der Waals surface area contributed by atoms with Crippen LogP contribution in [0.25, 0.3) is 22.2 Å². The molecular weight excluding hydrogens is 305 g/mol. The van der Waals surface area contributed by atoms with Crippen LogP contribution in [0.3, 0.4) is 0 Å². The van der Waals surface area contributed by atoms with Crippen LogP contribution in [0.2, 0.25) is 0 Å². The second-order valence-electron chi connectivity index (χ2n) is 6.28. The number of aromatic nitrogens is 2. The zero-order valence-electron chi connectivity index (χ0n) is 13.8. The van der Waals surface area contributed by atoms with E-state index >= 15 is 0 Å². The molecule has 1 amide bonds. The van der Waals surface area contributed by atoms with Crippen molar-refractivity contribution in [3.05, 3.63) is 54.6 Å². The molecule has 3 aromatic rings. The minimum absolute atomic E-state index is 0.0200. The summed E-state index contributed by atoms with van der Waals surface area (Å²) in [5.41, 5.74) is 3.50. The van der Waals surface area contributed by atoms with Gasteiger partial charge in [-0.2, -0.15) is 0 Å². The van der Waals surface area contributed by atoms with Crippen LogP contribution in [0.15, 0.2) is 48.8 Å². The molecule has 0 saturated carbocycles. The normalized spacial score (nSPS) is 11.2. The third-order valence-electron chi connectivity index (χ3n) is 3.82. The van der Waals surface area contributed by atoms with Crippen LogP contribution in [-0.2, 0) is 11.3 Å². The first-order valence-corrected chi connectivity index (χ1v) is 8.00. The Bertz CT molecular complexity index is 853. The monoisotopic (exact) mass is 325 g/mol. The third-order valence-corrected chi connectivity index (χ3v) is 3.82. The Hall–Kier alpha value is -2.69. The van der Waals surface area contributed by atoms with Crippen molar-refractivity contribution >= 4 is 16.9 Å². The third kappa shape index (κ3) is 3.62. The van der Waals surface area contributed by atoms with Crippen molar-refractivity contribution in [1.82, 2.24) is 14.9 Å². The minimum Gasteiger partial charge on any atom is -0.354 e. The summed E-state index contributed by atoms with van der Waals surface area (Å²) in [7, 11) is 0. The molecule has 2 aromatic heterocycles. The second kappa shape index (κ2) is 6.83. The maximum Gasteiger partial charge on any atom is 0.239 e. The van der Waals surface area contributed by atoms with Crippen LogP contribution in [0.1, 0.15) is 13.8 Å². The number of fused-ring (bicyclic) bond motifs is 1. The summed E-state index contributed by atoms with van der Waals surface area (Å²) in [5, 5.41) is 2.92. The summed E-state index contributed by atoms with van der Waals surface area (Å²) >= 11 is 0. The predicted octanol–water partition coefficient (Wildman–Crippen LogP) is 3.61. The molecule has 0 bridgehead atoms. The van der Waals surface area contributed by atoms with Gasteiger partial charge in [0.2, 0.25) is 5.91 Å². The van der Waals surface area contributed by atoms with Crippen LogP contribution >= 0.6 is 0 Å². The van der Waals surface area contributed by atoms with E-state index in [1.165, 1.54) is 12.1 Å². The highest BCUT2D eigenvalue weighted by Crippen LogP contribution is 2.23. The zero-order chi connectivity index (χ0) is 17.1. The highest BCUT2D eigenvalue weighted by atomic mass is 19.1. The summed E-state index contributed by atoms with van der Waals surface area (Å²) in [4.78, 5) is 16.5. The van der Waals surface area contributed by atoms with Gasteiger partial charge in [0, 0.05) is 24.5 Å². The Morgan fingerprint density at radius 3 is 2.67 bits per heavy atom. The Labute approximate surface area is 140 Å². The number of hydrogen-bond donors (Lipinski definition) is 1. The number of hydrogen-bond acceptors (Lipinski definition) is 2. The van der Waals surface area contributed by atoms with Crippen LogP contribution in [0.5, 0.6) is 0 Å². The summed E-state index contributed by atoms with van der Waals surface area (Å²) < 4.78 is 15.0. The van der Waals surface area contributed by atoms with Crippen molar-refractivity contribution in [3.8, 4) is 11.1 Å². The van der Waals surface area contributed by atoms with Gasteiger partial charge in [-0.05, 0) is 35.7 Å². The van der Waals surface area contributed by atoms with E-state index in [1.54, 1.807) is 18.3 Å². The molecule has 0 unspecified atom stereocenters. The predicted molar refractivity (Wildman–Crippen MR) is 93.0 cm³/mol. The molecular formula is C19H20FN3O. The van der Waals surface area contributed by atoms with Gasteiger partial charge in [-0.15, -0.1) is 0 Å². The van der Waals surface area contributed by atoms with Gasteiger partial charge in [-0.1, -0.05) is 26.0 Å². The number of nitrogens with one attached hydrogen (secondary N) is 1. The van der Waals surface area contributed by atoms with Crippen LogP contribution in [-0.4, -0.2) is 22.0 Å². The summed E-state index contributed by atoms with van der Waals surface area (Å²) in [6.45, 7) is 5.04. The highest BCUT2D eigenvalue weighted by molar-refractivity contribution is 5.84. The number of carbonyl (C=O) groups excluding carboxylic acids is 1. The summed E-state index contributed by atoms with van der Waals surface area (Å²) in [5.74, 6) is 0.133. The van der Waals surface area contributed by atoms with Gasteiger partial charge in [0.05, 0.1) is 11.0 Å². The zero-order valence-corrected chi connectivity index (χ0v) is 13.8. The maximum atomic E-state index is 13.1. The average Bonchev–Trinajstić information content (AvgIpc) is 2.96. The van der Waals surface area contributed by atoms with Crippen molar-refractivity contribution in [2.75, 3.05) is 6.54 Å². The van der Waals surface area contributed by atoms with Gasteiger partial charge in [-0.3, -0.25) is 9.78 Å². The fourth-order valence-electron chi connectivity index (χ4n) is 2.53. The van der Waals surface area contributed by atoms with Gasteiger partial charge in [0.15, 0.2) is 0 Å². The molecule has 0 saturated heterocycles. The molecule has 1 N–H and O–H groups in total. The van der Waals surface area contributed by atoms with E-state index in [4.69, 9.17) is 0 Å². The standard InChI is InChI=1S/C19H20FN3O/c1-13(2)10-22-19(24)12-23-8-7-17-18(23)9-15(11-21-17)14-3-5-16(20)6-4-14/h3-9,11,13H,10,12H2,1-2H3,(H,22,24). The lowest BCUT2D eigenvalue weighted by molar-refractivity contribution is -0.121.